The third kappa shape index (κ3) is 3.00. The highest BCUT2D eigenvalue weighted by Crippen LogP contribution is 2.29. The minimum Gasteiger partial charge on any atom is -0.456 e. The summed E-state index contributed by atoms with van der Waals surface area (Å²) in [5, 5.41) is 9.40. The number of nitriles is 1. The standard InChI is InChI=1S/C13H6BrClFNO/c14-9-4-11(16)6-12(5-9)18-13-2-1-10(15)3-8(13)7-17/h1-6H. The molecule has 0 aliphatic rings. The lowest BCUT2D eigenvalue weighted by atomic mass is 10.2. The van der Waals surface area contributed by atoms with Crippen LogP contribution in [0.2, 0.25) is 5.02 Å². The van der Waals surface area contributed by atoms with Crippen molar-refractivity contribution in [3.05, 3.63) is 57.3 Å². The highest BCUT2D eigenvalue weighted by atomic mass is 79.9. The SMILES string of the molecule is N#Cc1cc(Cl)ccc1Oc1cc(F)cc(Br)c1. The van der Waals surface area contributed by atoms with Crippen LogP contribution in [0.25, 0.3) is 0 Å². The molecule has 0 aliphatic heterocycles. The van der Waals surface area contributed by atoms with Gasteiger partial charge in [0.15, 0.2) is 0 Å². The molecule has 0 unspecified atom stereocenters. The Hall–Kier alpha value is -1.57. The molecule has 2 rings (SSSR count). The Kier molecular flexibility index (Phi) is 3.85. The average Bonchev–Trinajstić information content (AvgIpc) is 2.30. The van der Waals surface area contributed by atoms with Gasteiger partial charge >= 0.3 is 0 Å². The largest absolute Gasteiger partial charge is 0.456 e. The van der Waals surface area contributed by atoms with Crippen molar-refractivity contribution in [1.82, 2.24) is 0 Å². The van der Waals surface area contributed by atoms with E-state index in [0.717, 1.165) is 0 Å². The predicted octanol–water partition coefficient (Wildman–Crippen LogP) is 4.91. The van der Waals surface area contributed by atoms with Gasteiger partial charge in [0, 0.05) is 15.6 Å². The maximum Gasteiger partial charge on any atom is 0.145 e. The van der Waals surface area contributed by atoms with Gasteiger partial charge in [-0.2, -0.15) is 5.26 Å². The summed E-state index contributed by atoms with van der Waals surface area (Å²) >= 11 is 8.94. The van der Waals surface area contributed by atoms with E-state index in [-0.39, 0.29) is 0 Å². The average molecular weight is 327 g/mol. The second-order valence-corrected chi connectivity index (χ2v) is 4.81. The van der Waals surface area contributed by atoms with Crippen LogP contribution in [0.15, 0.2) is 40.9 Å². The van der Waals surface area contributed by atoms with Crippen molar-refractivity contribution in [2.24, 2.45) is 0 Å². The third-order valence-corrected chi connectivity index (χ3v) is 2.82. The Labute approximate surface area is 117 Å². The molecular weight excluding hydrogens is 321 g/mol. The molecule has 0 fully saturated rings. The van der Waals surface area contributed by atoms with E-state index in [1.165, 1.54) is 18.2 Å². The number of benzene rings is 2. The van der Waals surface area contributed by atoms with Gasteiger partial charge in [-0.1, -0.05) is 27.5 Å². The van der Waals surface area contributed by atoms with Crippen molar-refractivity contribution >= 4 is 27.5 Å². The summed E-state index contributed by atoms with van der Waals surface area (Å²) in [5.74, 6) is 0.215. The zero-order valence-electron chi connectivity index (χ0n) is 8.95. The third-order valence-electron chi connectivity index (χ3n) is 2.13. The van der Waals surface area contributed by atoms with Crippen LogP contribution in [-0.2, 0) is 0 Å². The Morgan fingerprint density at radius 1 is 1.22 bits per heavy atom. The molecule has 2 nitrogen and oxygen atoms in total. The number of nitrogens with zero attached hydrogens (tertiary/aromatic N) is 1. The first-order valence-corrected chi connectivity index (χ1v) is 6.09. The van der Waals surface area contributed by atoms with Crippen LogP contribution in [0.3, 0.4) is 0 Å². The van der Waals surface area contributed by atoms with Crippen LogP contribution in [0, 0.1) is 17.1 Å². The van der Waals surface area contributed by atoms with Crippen molar-refractivity contribution < 1.29 is 9.13 Å². The lowest BCUT2D eigenvalue weighted by molar-refractivity contribution is 0.475. The van der Waals surface area contributed by atoms with E-state index in [2.05, 4.69) is 15.9 Å². The lowest BCUT2D eigenvalue weighted by Gasteiger charge is -2.08. The Morgan fingerprint density at radius 2 is 2.00 bits per heavy atom. The van der Waals surface area contributed by atoms with Crippen molar-refractivity contribution in [2.75, 3.05) is 0 Å². The summed E-state index contributed by atoms with van der Waals surface area (Å²) in [6.45, 7) is 0. The molecule has 0 aromatic heterocycles. The molecule has 90 valence electrons. The molecule has 0 atom stereocenters. The van der Waals surface area contributed by atoms with Crippen LogP contribution < -0.4 is 4.74 Å². The van der Waals surface area contributed by atoms with Gasteiger partial charge in [0.1, 0.15) is 23.4 Å². The van der Waals surface area contributed by atoms with E-state index in [1.54, 1.807) is 18.2 Å². The van der Waals surface area contributed by atoms with Crippen LogP contribution >= 0.6 is 27.5 Å². The van der Waals surface area contributed by atoms with Crippen molar-refractivity contribution in [3.63, 3.8) is 0 Å². The highest BCUT2D eigenvalue weighted by molar-refractivity contribution is 9.10. The fourth-order valence-corrected chi connectivity index (χ4v) is 2.01. The Balaban J connectivity index is 2.37. The summed E-state index contributed by atoms with van der Waals surface area (Å²) in [6, 6.07) is 10.8. The van der Waals surface area contributed by atoms with Gasteiger partial charge in [-0.3, -0.25) is 0 Å². The fourth-order valence-electron chi connectivity index (χ4n) is 1.39. The predicted molar refractivity (Wildman–Crippen MR) is 70.3 cm³/mol. The second-order valence-electron chi connectivity index (χ2n) is 3.46. The van der Waals surface area contributed by atoms with Crippen molar-refractivity contribution in [3.8, 4) is 17.6 Å². The van der Waals surface area contributed by atoms with Crippen molar-refractivity contribution in [2.45, 2.75) is 0 Å². The molecule has 5 heteroatoms. The fraction of sp³-hybridized carbons (Fsp3) is 0. The quantitative estimate of drug-likeness (QED) is 0.786. The topological polar surface area (TPSA) is 33.0 Å². The molecule has 0 saturated carbocycles. The molecule has 0 saturated heterocycles. The normalized spacial score (nSPS) is 9.89. The number of halogens is 3. The Morgan fingerprint density at radius 3 is 2.67 bits per heavy atom. The second kappa shape index (κ2) is 5.38. The van der Waals surface area contributed by atoms with Gasteiger partial charge in [0.05, 0.1) is 5.56 Å². The zero-order valence-corrected chi connectivity index (χ0v) is 11.3. The van der Waals surface area contributed by atoms with Gasteiger partial charge in [-0.15, -0.1) is 0 Å². The number of hydrogen-bond acceptors (Lipinski definition) is 2. The minimum absolute atomic E-state index is 0.294. The minimum atomic E-state index is -0.424. The van der Waals surface area contributed by atoms with Crippen LogP contribution in [-0.4, -0.2) is 0 Å². The maximum absolute atomic E-state index is 13.2. The smallest absolute Gasteiger partial charge is 0.145 e. The van der Waals surface area contributed by atoms with Crippen LogP contribution in [0.4, 0.5) is 4.39 Å². The molecule has 0 amide bonds. The molecule has 0 radical (unpaired) electrons. The summed E-state index contributed by atoms with van der Waals surface area (Å²) in [7, 11) is 0. The van der Waals surface area contributed by atoms with Gasteiger partial charge in [-0.25, -0.2) is 4.39 Å². The molecule has 0 N–H and O–H groups in total. The van der Waals surface area contributed by atoms with E-state index < -0.39 is 5.82 Å². The van der Waals surface area contributed by atoms with Crippen LogP contribution in [0.5, 0.6) is 11.5 Å². The first kappa shape index (κ1) is 12.9. The molecule has 2 aromatic carbocycles. The van der Waals surface area contributed by atoms with E-state index >= 15 is 0 Å². The molecule has 18 heavy (non-hydrogen) atoms. The molecule has 2 aromatic rings. The van der Waals surface area contributed by atoms with Crippen molar-refractivity contribution in [1.29, 1.82) is 5.26 Å². The first-order chi connectivity index (χ1) is 8.58. The van der Waals surface area contributed by atoms with Gasteiger partial charge in [0.25, 0.3) is 0 Å². The number of hydrogen-bond donors (Lipinski definition) is 0. The van der Waals surface area contributed by atoms with Gasteiger partial charge in [0.2, 0.25) is 0 Å². The molecular formula is C13H6BrClFNO. The molecule has 0 aliphatic carbocycles. The summed E-state index contributed by atoms with van der Waals surface area (Å²) in [6.07, 6.45) is 0. The summed E-state index contributed by atoms with van der Waals surface area (Å²) in [4.78, 5) is 0. The maximum atomic E-state index is 13.2. The molecule has 0 bridgehead atoms. The number of rotatable bonds is 2. The summed E-state index contributed by atoms with van der Waals surface area (Å²) < 4.78 is 19.2. The van der Waals surface area contributed by atoms with E-state index in [0.29, 0.717) is 26.6 Å². The van der Waals surface area contributed by atoms with Crippen LogP contribution in [0.1, 0.15) is 5.56 Å². The van der Waals surface area contributed by atoms with E-state index in [1.807, 2.05) is 6.07 Å². The summed E-state index contributed by atoms with van der Waals surface area (Å²) in [5.41, 5.74) is 0.294. The molecule has 0 heterocycles. The first-order valence-electron chi connectivity index (χ1n) is 4.92. The zero-order chi connectivity index (χ0) is 13.1. The monoisotopic (exact) mass is 325 g/mol. The highest BCUT2D eigenvalue weighted by Gasteiger charge is 2.07. The van der Waals surface area contributed by atoms with E-state index in [9.17, 15) is 4.39 Å². The number of ether oxygens (including phenoxy) is 1. The van der Waals surface area contributed by atoms with E-state index in [4.69, 9.17) is 21.6 Å². The molecule has 0 spiro atoms. The van der Waals surface area contributed by atoms with Gasteiger partial charge < -0.3 is 4.74 Å². The Bertz CT molecular complexity index is 619. The lowest BCUT2D eigenvalue weighted by Crippen LogP contribution is -1.89. The van der Waals surface area contributed by atoms with Gasteiger partial charge in [-0.05, 0) is 30.3 Å².